The number of aromatic nitrogens is 3. The molecule has 25 heavy (non-hydrogen) atoms. The molecule has 0 radical (unpaired) electrons. The van der Waals surface area contributed by atoms with Crippen LogP contribution >= 0.6 is 0 Å². The van der Waals surface area contributed by atoms with Crippen molar-refractivity contribution in [3.63, 3.8) is 0 Å². The Morgan fingerprint density at radius 3 is 2.40 bits per heavy atom. The molecule has 130 valence electrons. The standard InChI is InChI=1S/C18H19N3O4/c22-11-13-3-6-16(19-8-13)14-9-20-18(21-10-14)25-15-4-1-12(2-5-15)7-17(23)24/h3,6,8-12,15H,1-2,4-5,7H2,(H,23,24). The fourth-order valence-electron chi connectivity index (χ4n) is 3.00. The minimum Gasteiger partial charge on any atom is -0.481 e. The van der Waals surface area contributed by atoms with Gasteiger partial charge in [-0.2, -0.15) is 0 Å². The maximum absolute atomic E-state index is 10.8. The van der Waals surface area contributed by atoms with Gasteiger partial charge in [-0.25, -0.2) is 9.97 Å². The molecule has 7 nitrogen and oxygen atoms in total. The van der Waals surface area contributed by atoms with Crippen LogP contribution in [-0.2, 0) is 4.79 Å². The second-order valence-electron chi connectivity index (χ2n) is 6.21. The molecule has 7 heteroatoms. The summed E-state index contributed by atoms with van der Waals surface area (Å²) >= 11 is 0. The molecule has 1 fully saturated rings. The topological polar surface area (TPSA) is 102 Å². The highest BCUT2D eigenvalue weighted by molar-refractivity contribution is 5.75. The van der Waals surface area contributed by atoms with Gasteiger partial charge < -0.3 is 9.84 Å². The number of hydrogen-bond acceptors (Lipinski definition) is 6. The Bertz CT molecular complexity index is 723. The Morgan fingerprint density at radius 2 is 1.84 bits per heavy atom. The monoisotopic (exact) mass is 341 g/mol. The third-order valence-corrected chi connectivity index (χ3v) is 4.38. The van der Waals surface area contributed by atoms with Crippen LogP contribution in [-0.4, -0.2) is 38.4 Å². The lowest BCUT2D eigenvalue weighted by Crippen LogP contribution is -2.25. The van der Waals surface area contributed by atoms with E-state index in [2.05, 4.69) is 15.0 Å². The second kappa shape index (κ2) is 7.83. The van der Waals surface area contributed by atoms with Crippen molar-refractivity contribution in [1.82, 2.24) is 15.0 Å². The predicted molar refractivity (Wildman–Crippen MR) is 89.3 cm³/mol. The lowest BCUT2D eigenvalue weighted by atomic mass is 9.85. The fourth-order valence-corrected chi connectivity index (χ4v) is 3.00. The quantitative estimate of drug-likeness (QED) is 0.806. The molecule has 0 aliphatic heterocycles. The van der Waals surface area contributed by atoms with E-state index in [0.29, 0.717) is 17.3 Å². The molecule has 1 N–H and O–H groups in total. The molecule has 2 aromatic heterocycles. The predicted octanol–water partition coefficient (Wildman–Crippen LogP) is 2.76. The Kier molecular flexibility index (Phi) is 5.33. The van der Waals surface area contributed by atoms with E-state index in [-0.39, 0.29) is 18.4 Å². The van der Waals surface area contributed by atoms with Gasteiger partial charge in [-0.1, -0.05) is 0 Å². The first-order chi connectivity index (χ1) is 12.1. The van der Waals surface area contributed by atoms with Crippen molar-refractivity contribution in [3.8, 4) is 17.3 Å². The van der Waals surface area contributed by atoms with Crippen LogP contribution in [0.2, 0.25) is 0 Å². The van der Waals surface area contributed by atoms with Crippen LogP contribution in [0, 0.1) is 5.92 Å². The van der Waals surface area contributed by atoms with Crippen LogP contribution in [0.5, 0.6) is 6.01 Å². The summed E-state index contributed by atoms with van der Waals surface area (Å²) < 4.78 is 5.80. The maximum Gasteiger partial charge on any atom is 0.316 e. The normalized spacial score (nSPS) is 20.0. The first kappa shape index (κ1) is 17.0. The Labute approximate surface area is 145 Å². The van der Waals surface area contributed by atoms with E-state index in [1.165, 1.54) is 6.20 Å². The summed E-state index contributed by atoms with van der Waals surface area (Å²) in [6.45, 7) is 0. The molecule has 1 saturated carbocycles. The zero-order valence-electron chi connectivity index (χ0n) is 13.7. The summed E-state index contributed by atoms with van der Waals surface area (Å²) in [4.78, 5) is 34.0. The van der Waals surface area contributed by atoms with Gasteiger partial charge in [-0.05, 0) is 43.7 Å². The van der Waals surface area contributed by atoms with Crippen molar-refractivity contribution in [2.75, 3.05) is 0 Å². The number of hydrogen-bond donors (Lipinski definition) is 1. The largest absolute Gasteiger partial charge is 0.481 e. The van der Waals surface area contributed by atoms with Crippen LogP contribution in [0.4, 0.5) is 0 Å². The van der Waals surface area contributed by atoms with Crippen molar-refractivity contribution in [2.45, 2.75) is 38.2 Å². The van der Waals surface area contributed by atoms with Crippen molar-refractivity contribution in [1.29, 1.82) is 0 Å². The molecule has 3 rings (SSSR count). The van der Waals surface area contributed by atoms with Gasteiger partial charge in [0.05, 0.1) is 5.69 Å². The van der Waals surface area contributed by atoms with E-state index >= 15 is 0 Å². The molecule has 2 aromatic rings. The number of rotatable bonds is 6. The van der Waals surface area contributed by atoms with Crippen molar-refractivity contribution >= 4 is 12.3 Å². The number of carbonyl (C=O) groups is 2. The van der Waals surface area contributed by atoms with Gasteiger partial charge in [0.25, 0.3) is 0 Å². The molecule has 0 atom stereocenters. The summed E-state index contributed by atoms with van der Waals surface area (Å²) in [7, 11) is 0. The van der Waals surface area contributed by atoms with Gasteiger partial charge >= 0.3 is 12.0 Å². The summed E-state index contributed by atoms with van der Waals surface area (Å²) in [6.07, 6.45) is 9.12. The smallest absolute Gasteiger partial charge is 0.316 e. The first-order valence-corrected chi connectivity index (χ1v) is 8.26. The average Bonchev–Trinajstić information content (AvgIpc) is 2.64. The molecule has 1 aliphatic carbocycles. The minimum atomic E-state index is -0.738. The highest BCUT2D eigenvalue weighted by Gasteiger charge is 2.24. The van der Waals surface area contributed by atoms with Gasteiger partial charge in [0, 0.05) is 36.1 Å². The zero-order chi connectivity index (χ0) is 17.6. The van der Waals surface area contributed by atoms with Crippen LogP contribution in [0.1, 0.15) is 42.5 Å². The van der Waals surface area contributed by atoms with Gasteiger partial charge in [-0.3, -0.25) is 14.6 Å². The SMILES string of the molecule is O=Cc1ccc(-c2cnc(OC3CCC(CC(=O)O)CC3)nc2)nc1. The van der Waals surface area contributed by atoms with E-state index in [1.807, 2.05) is 0 Å². The lowest BCUT2D eigenvalue weighted by molar-refractivity contribution is -0.138. The van der Waals surface area contributed by atoms with E-state index < -0.39 is 5.97 Å². The summed E-state index contributed by atoms with van der Waals surface area (Å²) in [6, 6.07) is 3.75. The zero-order valence-corrected chi connectivity index (χ0v) is 13.7. The Hall–Kier alpha value is -2.83. The molecule has 0 spiro atoms. The van der Waals surface area contributed by atoms with Crippen molar-refractivity contribution in [3.05, 3.63) is 36.3 Å². The molecule has 0 bridgehead atoms. The van der Waals surface area contributed by atoms with E-state index in [1.54, 1.807) is 24.5 Å². The van der Waals surface area contributed by atoms with E-state index in [9.17, 15) is 9.59 Å². The number of carboxylic acids is 1. The van der Waals surface area contributed by atoms with Gasteiger partial charge in [-0.15, -0.1) is 0 Å². The van der Waals surface area contributed by atoms with Crippen LogP contribution in [0.3, 0.4) is 0 Å². The Morgan fingerprint density at radius 1 is 1.12 bits per heavy atom. The van der Waals surface area contributed by atoms with Crippen LogP contribution in [0.15, 0.2) is 30.7 Å². The fraction of sp³-hybridized carbons (Fsp3) is 0.389. The van der Waals surface area contributed by atoms with Gasteiger partial charge in [0.1, 0.15) is 6.10 Å². The summed E-state index contributed by atoms with van der Waals surface area (Å²) in [5.74, 6) is -0.501. The third-order valence-electron chi connectivity index (χ3n) is 4.38. The molecule has 0 unspecified atom stereocenters. The maximum atomic E-state index is 10.8. The third kappa shape index (κ3) is 4.59. The Balaban J connectivity index is 1.56. The minimum absolute atomic E-state index is 0.0286. The summed E-state index contributed by atoms with van der Waals surface area (Å²) in [5.41, 5.74) is 1.95. The molecular formula is C18H19N3O4. The van der Waals surface area contributed by atoms with Gasteiger partial charge in [0.15, 0.2) is 6.29 Å². The highest BCUT2D eigenvalue weighted by atomic mass is 16.5. The molecule has 1 aliphatic rings. The number of carbonyl (C=O) groups excluding carboxylic acids is 1. The number of aldehydes is 1. The lowest BCUT2D eigenvalue weighted by Gasteiger charge is -2.27. The molecule has 0 saturated heterocycles. The van der Waals surface area contributed by atoms with Crippen molar-refractivity contribution < 1.29 is 19.4 Å². The number of pyridine rings is 1. The molecule has 2 heterocycles. The number of ether oxygens (including phenoxy) is 1. The number of nitrogens with zero attached hydrogens (tertiary/aromatic N) is 3. The van der Waals surface area contributed by atoms with E-state index in [0.717, 1.165) is 37.5 Å². The molecular weight excluding hydrogens is 322 g/mol. The second-order valence-corrected chi connectivity index (χ2v) is 6.21. The average molecular weight is 341 g/mol. The highest BCUT2D eigenvalue weighted by Crippen LogP contribution is 2.29. The first-order valence-electron chi connectivity index (χ1n) is 8.26. The molecule has 0 amide bonds. The summed E-state index contributed by atoms with van der Waals surface area (Å²) in [5, 5.41) is 8.84. The van der Waals surface area contributed by atoms with Crippen LogP contribution < -0.4 is 4.74 Å². The van der Waals surface area contributed by atoms with Gasteiger partial charge in [0.2, 0.25) is 0 Å². The van der Waals surface area contributed by atoms with E-state index in [4.69, 9.17) is 9.84 Å². The number of carboxylic acid groups (broad SMARTS) is 1. The number of aliphatic carboxylic acids is 1. The van der Waals surface area contributed by atoms with Crippen LogP contribution in [0.25, 0.3) is 11.3 Å². The van der Waals surface area contributed by atoms with Crippen molar-refractivity contribution in [2.24, 2.45) is 5.92 Å². The molecule has 0 aromatic carbocycles.